The molecule has 0 aliphatic heterocycles. The summed E-state index contributed by atoms with van der Waals surface area (Å²) in [5.74, 6) is 0. The van der Waals surface area contributed by atoms with Crippen molar-refractivity contribution in [1.29, 1.82) is 0 Å². The van der Waals surface area contributed by atoms with Crippen molar-refractivity contribution in [2.75, 3.05) is 0 Å². The molecule has 0 aromatic rings. The Morgan fingerprint density at radius 2 is 0.778 bits per heavy atom. The predicted octanol–water partition coefficient (Wildman–Crippen LogP) is 2.67. The van der Waals surface area contributed by atoms with Gasteiger partial charge in [-0.05, 0) is 25.7 Å². The first-order chi connectivity index (χ1) is 4.00. The molecule has 1 heteroatoms. The van der Waals surface area contributed by atoms with Gasteiger partial charge in [0.25, 0.3) is 0 Å². The Hall–Kier alpha value is 0.168. The molecule has 1 aliphatic rings. The van der Waals surface area contributed by atoms with Crippen LogP contribution in [0, 0.1) is 0 Å². The second-order valence-corrected chi connectivity index (χ2v) is 2.10. The van der Waals surface area contributed by atoms with Crippen LogP contribution in [0.5, 0.6) is 0 Å². The van der Waals surface area contributed by atoms with Gasteiger partial charge in [-0.2, -0.15) is 0 Å². The summed E-state index contributed by atoms with van der Waals surface area (Å²) >= 11 is 0. The van der Waals surface area contributed by atoms with Gasteiger partial charge >= 0.3 is 0 Å². The zero-order chi connectivity index (χ0) is 5.66. The Morgan fingerprint density at radius 3 is 1.00 bits per heavy atom. The van der Waals surface area contributed by atoms with Gasteiger partial charge in [0.15, 0.2) is 0 Å². The van der Waals surface area contributed by atoms with Gasteiger partial charge in [-0.1, -0.05) is 24.3 Å². The zero-order valence-corrected chi connectivity index (χ0v) is 8.48. The van der Waals surface area contributed by atoms with Crippen molar-refractivity contribution < 1.29 is 21.1 Å². The van der Waals surface area contributed by atoms with Crippen LogP contribution < -0.4 is 0 Å². The van der Waals surface area contributed by atoms with Crippen LogP contribution in [0.15, 0.2) is 24.3 Å². The quantitative estimate of drug-likeness (QED) is 0.602. The SMILES string of the molecule is C1=C\CC/C=C\CC/1.[W]. The van der Waals surface area contributed by atoms with Gasteiger partial charge in [0, 0.05) is 21.1 Å². The smallest absolute Gasteiger partial charge is 0 e. The zero-order valence-electron chi connectivity index (χ0n) is 5.55. The molecular formula is C8H12W. The van der Waals surface area contributed by atoms with E-state index in [1.165, 1.54) is 25.7 Å². The summed E-state index contributed by atoms with van der Waals surface area (Å²) in [6.45, 7) is 0. The average molecular weight is 292 g/mol. The Kier molecular flexibility index (Phi) is 6.41. The molecule has 0 radical (unpaired) electrons. The van der Waals surface area contributed by atoms with Gasteiger partial charge in [0.2, 0.25) is 0 Å². The van der Waals surface area contributed by atoms with Crippen LogP contribution in [-0.2, 0) is 21.1 Å². The molecule has 0 amide bonds. The Morgan fingerprint density at radius 1 is 0.556 bits per heavy atom. The molecule has 0 fully saturated rings. The van der Waals surface area contributed by atoms with Crippen molar-refractivity contribution in [2.24, 2.45) is 0 Å². The van der Waals surface area contributed by atoms with Crippen molar-refractivity contribution in [3.05, 3.63) is 24.3 Å². The van der Waals surface area contributed by atoms with Crippen LogP contribution in [0.25, 0.3) is 0 Å². The van der Waals surface area contributed by atoms with E-state index in [-0.39, 0.29) is 21.1 Å². The van der Waals surface area contributed by atoms with E-state index in [4.69, 9.17) is 0 Å². The molecule has 0 unspecified atom stereocenters. The first kappa shape index (κ1) is 9.17. The van der Waals surface area contributed by atoms with Crippen molar-refractivity contribution in [2.45, 2.75) is 25.7 Å². The molecule has 0 N–H and O–H groups in total. The van der Waals surface area contributed by atoms with E-state index >= 15 is 0 Å². The third-order valence-electron chi connectivity index (χ3n) is 1.33. The van der Waals surface area contributed by atoms with E-state index in [1.54, 1.807) is 0 Å². The van der Waals surface area contributed by atoms with E-state index in [0.29, 0.717) is 0 Å². The van der Waals surface area contributed by atoms with Crippen molar-refractivity contribution in [3.8, 4) is 0 Å². The fourth-order valence-electron chi connectivity index (χ4n) is 0.856. The topological polar surface area (TPSA) is 0 Å². The van der Waals surface area contributed by atoms with Crippen LogP contribution in [0.3, 0.4) is 0 Å². The minimum atomic E-state index is 0. The van der Waals surface area contributed by atoms with E-state index < -0.39 is 0 Å². The molecule has 0 spiro atoms. The van der Waals surface area contributed by atoms with Gasteiger partial charge < -0.3 is 0 Å². The van der Waals surface area contributed by atoms with Crippen LogP contribution in [0.4, 0.5) is 0 Å². The molecule has 0 heterocycles. The average Bonchev–Trinajstić information content (AvgIpc) is 1.62. The molecule has 0 nitrogen and oxygen atoms in total. The molecule has 0 bridgehead atoms. The number of allylic oxidation sites excluding steroid dienone is 4. The summed E-state index contributed by atoms with van der Waals surface area (Å²) in [7, 11) is 0. The largest absolute Gasteiger partial charge is 0.0882 e. The van der Waals surface area contributed by atoms with Crippen LogP contribution in [0.2, 0.25) is 0 Å². The number of hydrogen-bond donors (Lipinski definition) is 0. The van der Waals surface area contributed by atoms with Crippen LogP contribution in [-0.4, -0.2) is 0 Å². The summed E-state index contributed by atoms with van der Waals surface area (Å²) in [5.41, 5.74) is 0. The maximum absolute atomic E-state index is 2.27. The summed E-state index contributed by atoms with van der Waals surface area (Å²) in [6.07, 6.45) is 14.0. The molecule has 1 rings (SSSR count). The maximum atomic E-state index is 2.27. The summed E-state index contributed by atoms with van der Waals surface area (Å²) in [5, 5.41) is 0. The standard InChI is InChI=1S/C8H12.W/c1-2-4-6-8-7-5-3-1;/h1-2,7-8H,3-6H2;/b2-1-,8-7-;. The number of hydrogen-bond acceptors (Lipinski definition) is 0. The molecule has 0 aromatic carbocycles. The molecule has 0 atom stereocenters. The first-order valence-electron chi connectivity index (χ1n) is 3.30. The third kappa shape index (κ3) is 4.66. The predicted molar refractivity (Wildman–Crippen MR) is 36.7 cm³/mol. The van der Waals surface area contributed by atoms with Crippen molar-refractivity contribution in [1.82, 2.24) is 0 Å². The Labute approximate surface area is 71.3 Å². The van der Waals surface area contributed by atoms with Crippen LogP contribution >= 0.6 is 0 Å². The molecular weight excluding hydrogens is 280 g/mol. The summed E-state index contributed by atoms with van der Waals surface area (Å²) in [6, 6.07) is 0. The van der Waals surface area contributed by atoms with E-state index in [9.17, 15) is 0 Å². The van der Waals surface area contributed by atoms with Crippen LogP contribution in [0.1, 0.15) is 25.7 Å². The van der Waals surface area contributed by atoms with E-state index in [2.05, 4.69) is 24.3 Å². The van der Waals surface area contributed by atoms with Gasteiger partial charge in [0.05, 0.1) is 0 Å². The van der Waals surface area contributed by atoms with Gasteiger partial charge in [-0.15, -0.1) is 0 Å². The second-order valence-electron chi connectivity index (χ2n) is 2.10. The summed E-state index contributed by atoms with van der Waals surface area (Å²) in [4.78, 5) is 0. The Balaban J connectivity index is 0.000000640. The van der Waals surface area contributed by atoms with Crippen molar-refractivity contribution >= 4 is 0 Å². The minimum absolute atomic E-state index is 0. The first-order valence-corrected chi connectivity index (χ1v) is 3.30. The fraction of sp³-hybridized carbons (Fsp3) is 0.500. The van der Waals surface area contributed by atoms with Crippen molar-refractivity contribution in [3.63, 3.8) is 0 Å². The van der Waals surface area contributed by atoms with E-state index in [0.717, 1.165) is 0 Å². The molecule has 50 valence electrons. The normalized spacial score (nSPS) is 24.9. The van der Waals surface area contributed by atoms with Gasteiger partial charge in [-0.25, -0.2) is 0 Å². The summed E-state index contributed by atoms with van der Waals surface area (Å²) < 4.78 is 0. The maximum Gasteiger partial charge on any atom is 0 e. The monoisotopic (exact) mass is 292 g/mol. The Bertz CT molecular complexity index is 77.1. The van der Waals surface area contributed by atoms with Gasteiger partial charge in [-0.3, -0.25) is 0 Å². The fourth-order valence-corrected chi connectivity index (χ4v) is 0.856. The molecule has 0 aromatic heterocycles. The van der Waals surface area contributed by atoms with E-state index in [1.807, 2.05) is 0 Å². The molecule has 0 saturated carbocycles. The van der Waals surface area contributed by atoms with Gasteiger partial charge in [0.1, 0.15) is 0 Å². The second kappa shape index (κ2) is 6.29. The molecule has 9 heavy (non-hydrogen) atoms. The number of rotatable bonds is 0. The molecule has 0 saturated heterocycles. The third-order valence-corrected chi connectivity index (χ3v) is 1.33. The minimum Gasteiger partial charge on any atom is -0.0882 e. The molecule has 1 aliphatic carbocycles.